The number of nitrogen functional groups attached to an aromatic ring is 1. The molecule has 0 saturated carbocycles. The van der Waals surface area contributed by atoms with Crippen LogP contribution in [0.3, 0.4) is 0 Å². The van der Waals surface area contributed by atoms with Gasteiger partial charge in [-0.3, -0.25) is 0 Å². The summed E-state index contributed by atoms with van der Waals surface area (Å²) in [7, 11) is 0. The van der Waals surface area contributed by atoms with Gasteiger partial charge < -0.3 is 15.6 Å². The lowest BCUT2D eigenvalue weighted by molar-refractivity contribution is 0.661. The maximum atomic E-state index is 5.81. The van der Waals surface area contributed by atoms with E-state index in [0.29, 0.717) is 0 Å². The molecule has 1 aliphatic carbocycles. The zero-order valence-electron chi connectivity index (χ0n) is 24.8. The molecule has 1 aliphatic rings. The van der Waals surface area contributed by atoms with Crippen LogP contribution in [0.1, 0.15) is 30.5 Å². The minimum Gasteiger partial charge on any atom is -0.397 e. The minimum atomic E-state index is 0.00794. The van der Waals surface area contributed by atoms with E-state index >= 15 is 0 Å². The zero-order valence-corrected chi connectivity index (χ0v) is 24.8. The topological polar surface area (TPSA) is 43.0 Å². The van der Waals surface area contributed by atoms with Gasteiger partial charge in [-0.25, -0.2) is 0 Å². The summed E-state index contributed by atoms with van der Waals surface area (Å²) in [5, 5.41) is 5.89. The van der Waals surface area contributed by atoms with E-state index in [-0.39, 0.29) is 5.41 Å². The maximum Gasteiger partial charge on any atom is 0.0622 e. The molecule has 0 atom stereocenters. The Morgan fingerprint density at radius 3 is 2.16 bits per heavy atom. The molecule has 0 radical (unpaired) electrons. The van der Waals surface area contributed by atoms with Crippen LogP contribution in [0.15, 0.2) is 140 Å². The Morgan fingerprint density at radius 1 is 0.628 bits per heavy atom. The Balaban J connectivity index is 0.000000180. The van der Waals surface area contributed by atoms with Gasteiger partial charge in [-0.05, 0) is 71.6 Å². The lowest BCUT2D eigenvalue weighted by Crippen LogP contribution is -2.14. The average molecular weight is 558 g/mol. The molecule has 0 spiro atoms. The lowest BCUT2D eigenvalue weighted by Gasteiger charge is -2.21. The summed E-state index contributed by atoms with van der Waals surface area (Å²) in [6.07, 6.45) is 0. The van der Waals surface area contributed by atoms with Crippen LogP contribution in [-0.2, 0) is 5.41 Å². The van der Waals surface area contributed by atoms with Crippen molar-refractivity contribution in [3.63, 3.8) is 0 Å². The number of nitrogens with zero attached hydrogens (tertiary/aromatic N) is 1. The summed E-state index contributed by atoms with van der Waals surface area (Å²) < 4.78 is 2.47. The molecular formula is C40H35N3. The Kier molecular flexibility index (Phi) is 6.51. The number of fused-ring (bicyclic) bond motifs is 7. The number of hydrogen-bond acceptors (Lipinski definition) is 2. The molecular weight excluding hydrogens is 522 g/mol. The molecule has 3 nitrogen and oxygen atoms in total. The Bertz CT molecular complexity index is 2100. The first-order valence-corrected chi connectivity index (χ1v) is 14.8. The van der Waals surface area contributed by atoms with Crippen LogP contribution in [0.4, 0.5) is 17.1 Å². The molecule has 6 aromatic carbocycles. The van der Waals surface area contributed by atoms with Crippen LogP contribution >= 0.6 is 0 Å². The van der Waals surface area contributed by atoms with Crippen molar-refractivity contribution in [3.05, 3.63) is 156 Å². The van der Waals surface area contributed by atoms with Crippen molar-refractivity contribution in [2.45, 2.75) is 26.2 Å². The highest BCUT2D eigenvalue weighted by Gasteiger charge is 2.37. The average Bonchev–Trinajstić information content (AvgIpc) is 3.48. The van der Waals surface area contributed by atoms with Crippen LogP contribution in [0.2, 0.25) is 0 Å². The van der Waals surface area contributed by atoms with Crippen LogP contribution in [0, 0.1) is 6.92 Å². The van der Waals surface area contributed by atoms with Crippen molar-refractivity contribution in [2.24, 2.45) is 0 Å². The molecule has 8 rings (SSSR count). The van der Waals surface area contributed by atoms with E-state index in [9.17, 15) is 0 Å². The van der Waals surface area contributed by atoms with Crippen molar-refractivity contribution < 1.29 is 0 Å². The monoisotopic (exact) mass is 557 g/mol. The third kappa shape index (κ3) is 4.54. The Morgan fingerprint density at radius 2 is 1.35 bits per heavy atom. The molecule has 7 aromatic rings. The van der Waals surface area contributed by atoms with Gasteiger partial charge in [-0.2, -0.15) is 0 Å². The van der Waals surface area contributed by atoms with Gasteiger partial charge in [0.05, 0.1) is 22.4 Å². The third-order valence-electron chi connectivity index (χ3n) is 8.65. The molecule has 210 valence electrons. The van der Waals surface area contributed by atoms with Gasteiger partial charge in [0.2, 0.25) is 0 Å². The van der Waals surface area contributed by atoms with Crippen molar-refractivity contribution in [1.82, 2.24) is 4.57 Å². The number of nitrogens with one attached hydrogen (secondary N) is 1. The van der Waals surface area contributed by atoms with Crippen molar-refractivity contribution in [2.75, 3.05) is 11.1 Å². The van der Waals surface area contributed by atoms with Crippen molar-refractivity contribution >= 4 is 38.9 Å². The molecule has 43 heavy (non-hydrogen) atoms. The van der Waals surface area contributed by atoms with Gasteiger partial charge in [0.1, 0.15) is 0 Å². The molecule has 0 amide bonds. The molecule has 0 saturated heterocycles. The van der Waals surface area contributed by atoms with E-state index in [4.69, 9.17) is 5.73 Å². The number of aryl methyl sites for hydroxylation is 1. The predicted molar refractivity (Wildman–Crippen MR) is 184 cm³/mol. The van der Waals surface area contributed by atoms with E-state index < -0.39 is 0 Å². The second-order valence-corrected chi connectivity index (χ2v) is 11.8. The summed E-state index contributed by atoms with van der Waals surface area (Å²) in [6.45, 7) is 6.87. The number of benzene rings is 6. The van der Waals surface area contributed by atoms with Crippen LogP contribution in [-0.4, -0.2) is 4.57 Å². The fraction of sp³-hybridized carbons (Fsp3) is 0.100. The first-order chi connectivity index (χ1) is 20.9. The summed E-state index contributed by atoms with van der Waals surface area (Å²) in [5.41, 5.74) is 19.3. The van der Waals surface area contributed by atoms with Gasteiger partial charge >= 0.3 is 0 Å². The summed E-state index contributed by atoms with van der Waals surface area (Å²) in [4.78, 5) is 0. The number of para-hydroxylation sites is 4. The second-order valence-electron chi connectivity index (χ2n) is 11.8. The lowest BCUT2D eigenvalue weighted by atomic mass is 9.82. The van der Waals surface area contributed by atoms with Crippen molar-refractivity contribution in [1.29, 1.82) is 0 Å². The predicted octanol–water partition coefficient (Wildman–Crippen LogP) is 10.4. The van der Waals surface area contributed by atoms with Crippen molar-refractivity contribution in [3.8, 4) is 16.8 Å². The van der Waals surface area contributed by atoms with E-state index in [1.54, 1.807) is 0 Å². The van der Waals surface area contributed by atoms with Gasteiger partial charge in [0.25, 0.3) is 0 Å². The van der Waals surface area contributed by atoms with Gasteiger partial charge in [-0.1, -0.05) is 111 Å². The Hall–Kier alpha value is -5.28. The highest BCUT2D eigenvalue weighted by molar-refractivity contribution is 6.15. The highest BCUT2D eigenvalue weighted by atomic mass is 15.0. The summed E-state index contributed by atoms with van der Waals surface area (Å²) >= 11 is 0. The van der Waals surface area contributed by atoms with Crippen LogP contribution in [0.25, 0.3) is 38.6 Å². The summed E-state index contributed by atoms with van der Waals surface area (Å²) in [5.74, 6) is 0. The Labute approximate surface area is 253 Å². The van der Waals surface area contributed by atoms with Crippen LogP contribution in [0.5, 0.6) is 0 Å². The smallest absolute Gasteiger partial charge is 0.0622 e. The summed E-state index contributed by atoms with van der Waals surface area (Å²) in [6, 6.07) is 48.9. The third-order valence-corrected chi connectivity index (χ3v) is 8.65. The first kappa shape index (κ1) is 26.6. The number of anilines is 3. The molecule has 1 aromatic heterocycles. The minimum absolute atomic E-state index is 0.00794. The maximum absolute atomic E-state index is 5.81. The fourth-order valence-electron chi connectivity index (χ4n) is 6.57. The van der Waals surface area contributed by atoms with E-state index in [1.807, 2.05) is 54.6 Å². The first-order valence-electron chi connectivity index (χ1n) is 14.8. The van der Waals surface area contributed by atoms with E-state index in [0.717, 1.165) is 17.1 Å². The van der Waals surface area contributed by atoms with Crippen LogP contribution < -0.4 is 11.1 Å². The van der Waals surface area contributed by atoms with E-state index in [2.05, 4.69) is 116 Å². The number of hydrogen-bond donors (Lipinski definition) is 2. The van der Waals surface area contributed by atoms with Gasteiger partial charge in [0, 0.05) is 33.1 Å². The molecule has 0 unspecified atom stereocenters. The highest BCUT2D eigenvalue weighted by Crippen LogP contribution is 2.52. The molecule has 0 fully saturated rings. The molecule has 0 aliphatic heterocycles. The second kappa shape index (κ2) is 10.5. The normalized spacial score (nSPS) is 12.8. The zero-order chi connectivity index (χ0) is 29.6. The van der Waals surface area contributed by atoms with Gasteiger partial charge in [0.15, 0.2) is 0 Å². The standard InChI is InChI=1S/C28H23N.C12H12N2/c1-18-9-8-10-19(17-18)29-25-14-7-5-11-20(25)21-15-16-24-26(27(21)29)22-12-4-6-13-23(22)28(24,2)3;13-11-8-4-5-9-12(11)14-10-6-2-1-3-7-10/h4-17H,1-3H3;1-9,14H,13H2. The molecule has 1 heterocycles. The molecule has 3 N–H and O–H groups in total. The number of rotatable bonds is 3. The largest absolute Gasteiger partial charge is 0.397 e. The molecule has 3 heteroatoms. The number of nitrogens with two attached hydrogens (primary N) is 1. The molecule has 0 bridgehead atoms. The fourth-order valence-corrected chi connectivity index (χ4v) is 6.57. The SMILES string of the molecule is Cc1cccc(-n2c3ccccc3c3ccc4c(c32)-c2ccccc2C4(C)C)c1.Nc1ccccc1Nc1ccccc1. The number of aromatic nitrogens is 1. The van der Waals surface area contributed by atoms with Gasteiger partial charge in [-0.15, -0.1) is 0 Å². The quantitative estimate of drug-likeness (QED) is 0.212. The van der Waals surface area contributed by atoms with E-state index in [1.165, 1.54) is 55.3 Å².